The zero-order valence-corrected chi connectivity index (χ0v) is 19.4. The van der Waals surface area contributed by atoms with E-state index in [1.807, 2.05) is 48.5 Å². The van der Waals surface area contributed by atoms with Crippen molar-refractivity contribution in [1.82, 2.24) is 10.2 Å². The normalized spacial score (nSPS) is 12.9. The highest BCUT2D eigenvalue weighted by Crippen LogP contribution is 2.32. The van der Waals surface area contributed by atoms with Gasteiger partial charge < -0.3 is 19.6 Å². The predicted octanol–water partition coefficient (Wildman–Crippen LogP) is 3.40. The first-order valence-corrected chi connectivity index (χ1v) is 10.5. The Bertz CT molecular complexity index is 923. The van der Waals surface area contributed by atoms with E-state index in [0.29, 0.717) is 12.0 Å². The van der Waals surface area contributed by atoms with Gasteiger partial charge in [0.05, 0.1) is 13.7 Å². The molecule has 1 atom stereocenters. The van der Waals surface area contributed by atoms with Crippen molar-refractivity contribution in [2.45, 2.75) is 44.8 Å². The summed E-state index contributed by atoms with van der Waals surface area (Å²) in [7, 11) is 3.06. The number of benzene rings is 2. The second-order valence-electron chi connectivity index (χ2n) is 8.52. The van der Waals surface area contributed by atoms with E-state index >= 15 is 0 Å². The SMILES string of the molecule is CNC(=O)C(Cc1ccccc1)(Cc1ccccc1OC)N(CC=O)C(=O)OC(C)(C)C. The molecule has 2 aromatic carbocycles. The van der Waals surface area contributed by atoms with Gasteiger partial charge in [0.15, 0.2) is 0 Å². The van der Waals surface area contributed by atoms with Crippen LogP contribution in [0.25, 0.3) is 0 Å². The van der Waals surface area contributed by atoms with Gasteiger partial charge in [-0.2, -0.15) is 0 Å². The van der Waals surface area contributed by atoms with Gasteiger partial charge in [-0.25, -0.2) is 4.79 Å². The van der Waals surface area contributed by atoms with Gasteiger partial charge in [-0.1, -0.05) is 48.5 Å². The van der Waals surface area contributed by atoms with E-state index in [0.717, 1.165) is 11.1 Å². The lowest BCUT2D eigenvalue weighted by Gasteiger charge is -2.42. The van der Waals surface area contributed by atoms with E-state index in [9.17, 15) is 14.4 Å². The van der Waals surface area contributed by atoms with Crippen LogP contribution in [0, 0.1) is 0 Å². The summed E-state index contributed by atoms with van der Waals surface area (Å²) < 4.78 is 11.1. The molecule has 0 aliphatic rings. The van der Waals surface area contributed by atoms with Crippen molar-refractivity contribution >= 4 is 18.3 Å². The molecule has 7 nitrogen and oxygen atoms in total. The quantitative estimate of drug-likeness (QED) is 0.604. The van der Waals surface area contributed by atoms with Gasteiger partial charge in [-0.3, -0.25) is 9.69 Å². The van der Waals surface area contributed by atoms with Crippen LogP contribution in [0.15, 0.2) is 54.6 Å². The highest BCUT2D eigenvalue weighted by molar-refractivity contribution is 5.91. The molecular weight excluding hydrogens is 408 g/mol. The molecule has 0 spiro atoms. The summed E-state index contributed by atoms with van der Waals surface area (Å²) in [5.41, 5.74) is -0.669. The zero-order valence-electron chi connectivity index (χ0n) is 19.4. The number of ether oxygens (including phenoxy) is 2. The molecule has 0 fully saturated rings. The van der Waals surface area contributed by atoms with E-state index < -0.39 is 23.1 Å². The Labute approximate surface area is 189 Å². The number of rotatable bonds is 9. The number of amides is 2. The summed E-state index contributed by atoms with van der Waals surface area (Å²) >= 11 is 0. The molecule has 2 amide bonds. The van der Waals surface area contributed by atoms with Gasteiger partial charge in [0.1, 0.15) is 23.2 Å². The monoisotopic (exact) mass is 440 g/mol. The minimum Gasteiger partial charge on any atom is -0.496 e. The number of nitrogens with one attached hydrogen (secondary N) is 1. The molecule has 7 heteroatoms. The second-order valence-corrected chi connectivity index (χ2v) is 8.52. The van der Waals surface area contributed by atoms with Crippen LogP contribution in [0.2, 0.25) is 0 Å². The third-order valence-electron chi connectivity index (χ3n) is 5.05. The highest BCUT2D eigenvalue weighted by atomic mass is 16.6. The second kappa shape index (κ2) is 10.8. The van der Waals surface area contributed by atoms with E-state index in [4.69, 9.17) is 9.47 Å². The first-order valence-electron chi connectivity index (χ1n) is 10.5. The number of nitrogens with zero attached hydrogens (tertiary/aromatic N) is 1. The minimum absolute atomic E-state index is 0.124. The molecule has 0 aliphatic heterocycles. The van der Waals surface area contributed by atoms with Crippen LogP contribution in [0.5, 0.6) is 5.75 Å². The maximum absolute atomic E-state index is 13.5. The topological polar surface area (TPSA) is 84.9 Å². The standard InChI is InChI=1S/C25H32N2O5/c1-24(2,3)32-23(30)27(15-16-28)25(22(29)26-4,17-19-11-7-6-8-12-19)18-20-13-9-10-14-21(20)31-5/h6-14,16H,15,17-18H2,1-5H3,(H,26,29). The van der Waals surface area contributed by atoms with Gasteiger partial charge in [0.25, 0.3) is 0 Å². The molecule has 172 valence electrons. The van der Waals surface area contributed by atoms with Crippen LogP contribution >= 0.6 is 0 Å². The molecular formula is C25H32N2O5. The van der Waals surface area contributed by atoms with Crippen molar-refractivity contribution in [3.8, 4) is 5.75 Å². The molecule has 2 rings (SSSR count). The number of carbonyl (C=O) groups excluding carboxylic acids is 3. The lowest BCUT2D eigenvalue weighted by molar-refractivity contribution is -0.134. The minimum atomic E-state index is -1.44. The van der Waals surface area contributed by atoms with Crippen LogP contribution in [-0.2, 0) is 27.2 Å². The lowest BCUT2D eigenvalue weighted by atomic mass is 9.81. The van der Waals surface area contributed by atoms with E-state index in [1.54, 1.807) is 33.9 Å². The molecule has 2 aromatic rings. The van der Waals surface area contributed by atoms with E-state index in [2.05, 4.69) is 5.32 Å². The molecule has 0 aromatic heterocycles. The van der Waals surface area contributed by atoms with E-state index in [-0.39, 0.29) is 19.4 Å². The molecule has 0 radical (unpaired) electrons. The Morgan fingerprint density at radius 1 is 1.00 bits per heavy atom. The van der Waals surface area contributed by atoms with Gasteiger partial charge in [-0.15, -0.1) is 0 Å². The summed E-state index contributed by atoms with van der Waals surface area (Å²) in [6.45, 7) is 4.92. The number of methoxy groups -OCH3 is 1. The van der Waals surface area contributed by atoms with Gasteiger partial charge >= 0.3 is 6.09 Å². The Morgan fingerprint density at radius 3 is 2.19 bits per heavy atom. The highest BCUT2D eigenvalue weighted by Gasteiger charge is 2.48. The fourth-order valence-corrected chi connectivity index (χ4v) is 3.68. The predicted molar refractivity (Wildman–Crippen MR) is 123 cm³/mol. The van der Waals surface area contributed by atoms with Crippen molar-refractivity contribution in [2.24, 2.45) is 0 Å². The molecule has 32 heavy (non-hydrogen) atoms. The number of hydrogen-bond donors (Lipinski definition) is 1. The summed E-state index contributed by atoms with van der Waals surface area (Å²) in [6.07, 6.45) is 0.172. The van der Waals surface area contributed by atoms with Crippen LogP contribution in [0.1, 0.15) is 31.9 Å². The van der Waals surface area contributed by atoms with Crippen molar-refractivity contribution < 1.29 is 23.9 Å². The smallest absolute Gasteiger partial charge is 0.411 e. The van der Waals surface area contributed by atoms with Crippen molar-refractivity contribution in [3.05, 3.63) is 65.7 Å². The fraction of sp³-hybridized carbons (Fsp3) is 0.400. The zero-order chi connectivity index (χ0) is 23.8. The molecule has 1 unspecified atom stereocenters. The van der Waals surface area contributed by atoms with Crippen LogP contribution in [0.4, 0.5) is 4.79 Å². The Morgan fingerprint density at radius 2 is 1.62 bits per heavy atom. The van der Waals surface area contributed by atoms with E-state index in [1.165, 1.54) is 11.9 Å². The van der Waals surface area contributed by atoms with Gasteiger partial charge in [-0.05, 0) is 38.0 Å². The fourth-order valence-electron chi connectivity index (χ4n) is 3.68. The van der Waals surface area contributed by atoms with Crippen LogP contribution < -0.4 is 10.1 Å². The van der Waals surface area contributed by atoms with Crippen LogP contribution in [0.3, 0.4) is 0 Å². The molecule has 0 saturated carbocycles. The number of carbonyl (C=O) groups is 3. The average Bonchev–Trinajstić information content (AvgIpc) is 2.76. The number of para-hydroxylation sites is 1. The largest absolute Gasteiger partial charge is 0.496 e. The lowest BCUT2D eigenvalue weighted by Crippen LogP contribution is -2.64. The van der Waals surface area contributed by atoms with Crippen molar-refractivity contribution in [2.75, 3.05) is 20.7 Å². The Kier molecular flexibility index (Phi) is 8.41. The third kappa shape index (κ3) is 6.09. The number of aldehydes is 1. The first kappa shape index (κ1) is 24.9. The number of likely N-dealkylation sites (N-methyl/N-ethyl adjacent to an activating group) is 1. The third-order valence-corrected chi connectivity index (χ3v) is 5.05. The Hall–Kier alpha value is -3.35. The number of hydrogen-bond acceptors (Lipinski definition) is 5. The first-order chi connectivity index (χ1) is 15.2. The van der Waals surface area contributed by atoms with Gasteiger partial charge in [0, 0.05) is 19.9 Å². The molecule has 0 heterocycles. The summed E-state index contributed by atoms with van der Waals surface area (Å²) in [4.78, 5) is 39.7. The Balaban J connectivity index is 2.70. The van der Waals surface area contributed by atoms with Gasteiger partial charge in [0.2, 0.25) is 5.91 Å². The summed E-state index contributed by atoms with van der Waals surface area (Å²) in [5, 5.41) is 2.70. The average molecular weight is 441 g/mol. The maximum Gasteiger partial charge on any atom is 0.411 e. The summed E-state index contributed by atoms with van der Waals surface area (Å²) in [5.74, 6) is 0.184. The molecule has 0 aliphatic carbocycles. The molecule has 0 bridgehead atoms. The van der Waals surface area contributed by atoms with Crippen molar-refractivity contribution in [3.63, 3.8) is 0 Å². The molecule has 1 N–H and O–H groups in total. The summed E-state index contributed by atoms with van der Waals surface area (Å²) in [6, 6.07) is 16.7. The molecule has 0 saturated heterocycles. The van der Waals surface area contributed by atoms with Crippen molar-refractivity contribution in [1.29, 1.82) is 0 Å². The maximum atomic E-state index is 13.5. The van der Waals surface area contributed by atoms with Crippen LogP contribution in [-0.4, -0.2) is 55.0 Å².